The molecule has 2 aromatic heterocycles. The van der Waals surface area contributed by atoms with E-state index in [9.17, 15) is 0 Å². The van der Waals surface area contributed by atoms with Crippen molar-refractivity contribution in [3.8, 4) is 5.88 Å². The number of methoxy groups -OCH3 is 1. The first-order valence-corrected chi connectivity index (χ1v) is 7.37. The van der Waals surface area contributed by atoms with Crippen LogP contribution in [0, 0.1) is 13.8 Å². The number of aryl methyl sites for hydroxylation is 1. The second kappa shape index (κ2) is 5.17. The van der Waals surface area contributed by atoms with Gasteiger partial charge < -0.3 is 10.1 Å². The fourth-order valence-electron chi connectivity index (χ4n) is 2.26. The fourth-order valence-corrected chi connectivity index (χ4v) is 2.98. The minimum atomic E-state index is 0.686. The molecule has 0 bridgehead atoms. The van der Waals surface area contributed by atoms with Gasteiger partial charge in [-0.25, -0.2) is 0 Å². The number of hydrogen-bond acceptors (Lipinski definition) is 4. The van der Waals surface area contributed by atoms with Gasteiger partial charge in [-0.05, 0) is 31.0 Å². The second-order valence-electron chi connectivity index (χ2n) is 4.72. The molecule has 0 fully saturated rings. The lowest BCUT2D eigenvalue weighted by Crippen LogP contribution is -2.05. The third-order valence-electron chi connectivity index (χ3n) is 3.57. The maximum atomic E-state index is 5.37. The molecule has 3 rings (SSSR count). The molecule has 1 aromatic carbocycles. The number of anilines is 1. The number of thiazole rings is 1. The number of nitrogens with zero attached hydrogens (tertiary/aromatic N) is 2. The summed E-state index contributed by atoms with van der Waals surface area (Å²) >= 11 is 1.61. The van der Waals surface area contributed by atoms with Gasteiger partial charge in [0.15, 0.2) is 4.96 Å². The summed E-state index contributed by atoms with van der Waals surface area (Å²) in [5.74, 6) is 0.689. The Morgan fingerprint density at radius 3 is 3.00 bits per heavy atom. The van der Waals surface area contributed by atoms with Crippen molar-refractivity contribution in [2.45, 2.75) is 20.4 Å². The monoisotopic (exact) mass is 287 g/mol. The van der Waals surface area contributed by atoms with Gasteiger partial charge in [-0.2, -0.15) is 4.98 Å². The second-order valence-corrected chi connectivity index (χ2v) is 5.60. The highest BCUT2D eigenvalue weighted by Gasteiger charge is 2.13. The number of aromatic nitrogens is 2. The van der Waals surface area contributed by atoms with Gasteiger partial charge in [-0.1, -0.05) is 12.1 Å². The fraction of sp³-hybridized carbons (Fsp3) is 0.267. The standard InChI is InChI=1S/C15H17N3OS/c1-10-5-4-6-12(11(10)2)16-9-13-14(19-3)17-15-18(13)7-8-20-15/h4-8,16H,9H2,1-3H3. The molecule has 0 aliphatic heterocycles. The van der Waals surface area contributed by atoms with Gasteiger partial charge in [0, 0.05) is 17.3 Å². The predicted octanol–water partition coefficient (Wildman–Crippen LogP) is 3.63. The van der Waals surface area contributed by atoms with Crippen LogP contribution in [0.25, 0.3) is 4.96 Å². The molecule has 5 heteroatoms. The normalized spacial score (nSPS) is 10.9. The molecule has 0 radical (unpaired) electrons. The number of nitrogens with one attached hydrogen (secondary N) is 1. The zero-order valence-electron chi connectivity index (χ0n) is 11.8. The number of ether oxygens (including phenoxy) is 1. The third-order valence-corrected chi connectivity index (χ3v) is 4.33. The molecule has 3 aromatic rings. The molecule has 0 saturated heterocycles. The van der Waals surface area contributed by atoms with Crippen molar-refractivity contribution in [2.24, 2.45) is 0 Å². The van der Waals surface area contributed by atoms with Gasteiger partial charge in [0.25, 0.3) is 0 Å². The van der Waals surface area contributed by atoms with E-state index >= 15 is 0 Å². The molecular weight excluding hydrogens is 270 g/mol. The Morgan fingerprint density at radius 1 is 1.35 bits per heavy atom. The number of fused-ring (bicyclic) bond motifs is 1. The van der Waals surface area contributed by atoms with Gasteiger partial charge in [0.05, 0.1) is 13.7 Å². The van der Waals surface area contributed by atoms with Crippen molar-refractivity contribution >= 4 is 22.0 Å². The van der Waals surface area contributed by atoms with Gasteiger partial charge >= 0.3 is 0 Å². The molecule has 0 spiro atoms. The summed E-state index contributed by atoms with van der Waals surface area (Å²) in [6.45, 7) is 4.94. The van der Waals surface area contributed by atoms with Crippen LogP contribution in [0.1, 0.15) is 16.8 Å². The van der Waals surface area contributed by atoms with Crippen molar-refractivity contribution in [3.63, 3.8) is 0 Å². The average molecular weight is 287 g/mol. The highest BCUT2D eigenvalue weighted by molar-refractivity contribution is 7.15. The maximum Gasteiger partial charge on any atom is 0.238 e. The van der Waals surface area contributed by atoms with E-state index in [2.05, 4.69) is 46.7 Å². The molecule has 2 heterocycles. The molecule has 0 unspecified atom stereocenters. The molecule has 0 aliphatic rings. The van der Waals surface area contributed by atoms with Crippen LogP contribution in [-0.2, 0) is 6.54 Å². The van der Waals surface area contributed by atoms with Crippen molar-refractivity contribution < 1.29 is 4.74 Å². The first kappa shape index (κ1) is 13.0. The largest absolute Gasteiger partial charge is 0.480 e. The number of rotatable bonds is 4. The van der Waals surface area contributed by atoms with Gasteiger partial charge in [-0.15, -0.1) is 11.3 Å². The van der Waals surface area contributed by atoms with Crippen LogP contribution in [0.5, 0.6) is 5.88 Å². The van der Waals surface area contributed by atoms with Gasteiger partial charge in [0.1, 0.15) is 5.69 Å². The average Bonchev–Trinajstić information content (AvgIpc) is 3.01. The lowest BCUT2D eigenvalue weighted by Gasteiger charge is -2.11. The number of benzene rings is 1. The Morgan fingerprint density at radius 2 is 2.20 bits per heavy atom. The highest BCUT2D eigenvalue weighted by atomic mass is 32.1. The van der Waals surface area contributed by atoms with Crippen molar-refractivity contribution in [1.29, 1.82) is 0 Å². The van der Waals surface area contributed by atoms with Crippen LogP contribution < -0.4 is 10.1 Å². The van der Waals surface area contributed by atoms with Crippen LogP contribution in [0.3, 0.4) is 0 Å². The molecular formula is C15H17N3OS. The van der Waals surface area contributed by atoms with E-state index in [1.807, 2.05) is 11.6 Å². The Labute approximate surface area is 122 Å². The Kier molecular flexibility index (Phi) is 3.36. The topological polar surface area (TPSA) is 38.6 Å². The van der Waals surface area contributed by atoms with E-state index in [1.165, 1.54) is 11.1 Å². The molecule has 1 N–H and O–H groups in total. The zero-order valence-corrected chi connectivity index (χ0v) is 12.6. The quantitative estimate of drug-likeness (QED) is 0.796. The lowest BCUT2D eigenvalue weighted by atomic mass is 10.1. The summed E-state index contributed by atoms with van der Waals surface area (Å²) in [6, 6.07) is 6.29. The minimum Gasteiger partial charge on any atom is -0.480 e. The van der Waals surface area contributed by atoms with Crippen molar-refractivity contribution in [2.75, 3.05) is 12.4 Å². The summed E-state index contributed by atoms with van der Waals surface area (Å²) in [5, 5.41) is 5.51. The smallest absolute Gasteiger partial charge is 0.238 e. The van der Waals surface area contributed by atoms with E-state index in [1.54, 1.807) is 18.4 Å². The number of imidazole rings is 1. The van der Waals surface area contributed by atoms with Crippen LogP contribution in [-0.4, -0.2) is 16.5 Å². The number of hydrogen-bond donors (Lipinski definition) is 1. The van der Waals surface area contributed by atoms with Crippen LogP contribution >= 0.6 is 11.3 Å². The zero-order chi connectivity index (χ0) is 14.1. The summed E-state index contributed by atoms with van der Waals surface area (Å²) in [6.07, 6.45) is 2.02. The lowest BCUT2D eigenvalue weighted by molar-refractivity contribution is 0.395. The van der Waals surface area contributed by atoms with E-state index in [-0.39, 0.29) is 0 Å². The van der Waals surface area contributed by atoms with Crippen LogP contribution in [0.2, 0.25) is 0 Å². The first-order chi connectivity index (χ1) is 9.70. The molecule has 0 amide bonds. The van der Waals surface area contributed by atoms with Crippen molar-refractivity contribution in [3.05, 3.63) is 46.6 Å². The highest BCUT2D eigenvalue weighted by Crippen LogP contribution is 2.25. The molecule has 4 nitrogen and oxygen atoms in total. The van der Waals surface area contributed by atoms with Gasteiger partial charge in [-0.3, -0.25) is 4.40 Å². The minimum absolute atomic E-state index is 0.686. The van der Waals surface area contributed by atoms with E-state index in [4.69, 9.17) is 4.74 Å². The predicted molar refractivity (Wildman–Crippen MR) is 82.9 cm³/mol. The molecule has 0 aliphatic carbocycles. The summed E-state index contributed by atoms with van der Waals surface area (Å²) in [5.41, 5.74) is 4.76. The Balaban J connectivity index is 1.89. The van der Waals surface area contributed by atoms with Crippen LogP contribution in [0.15, 0.2) is 29.8 Å². The van der Waals surface area contributed by atoms with Crippen LogP contribution in [0.4, 0.5) is 5.69 Å². The maximum absolute atomic E-state index is 5.37. The Bertz CT molecular complexity index is 745. The SMILES string of the molecule is COc1nc2sccn2c1CNc1cccc(C)c1C. The third kappa shape index (κ3) is 2.14. The van der Waals surface area contributed by atoms with E-state index in [0.717, 1.165) is 16.3 Å². The molecule has 20 heavy (non-hydrogen) atoms. The van der Waals surface area contributed by atoms with Gasteiger partial charge in [0.2, 0.25) is 5.88 Å². The summed E-state index contributed by atoms with van der Waals surface area (Å²) in [7, 11) is 1.66. The van der Waals surface area contributed by atoms with E-state index in [0.29, 0.717) is 12.4 Å². The molecule has 104 valence electrons. The molecule has 0 atom stereocenters. The molecule has 0 saturated carbocycles. The van der Waals surface area contributed by atoms with Crippen molar-refractivity contribution in [1.82, 2.24) is 9.38 Å². The van der Waals surface area contributed by atoms with E-state index < -0.39 is 0 Å². The summed E-state index contributed by atoms with van der Waals surface area (Å²) < 4.78 is 7.44. The summed E-state index contributed by atoms with van der Waals surface area (Å²) in [4.78, 5) is 5.42. The first-order valence-electron chi connectivity index (χ1n) is 6.49. The Hall–Kier alpha value is -2.01.